The Balaban J connectivity index is 1.23. The summed E-state index contributed by atoms with van der Waals surface area (Å²) in [5.41, 5.74) is -0.774. The molecule has 234 valence electrons. The molecule has 0 unspecified atom stereocenters. The molecule has 0 bridgehead atoms. The molecule has 2 heterocycles. The minimum atomic E-state index is -1.48. The number of esters is 2. The second-order valence-corrected chi connectivity index (χ2v) is 9.93. The van der Waals surface area contributed by atoms with E-state index < -0.39 is 54.7 Å². The van der Waals surface area contributed by atoms with Crippen LogP contribution in [0.15, 0.2) is 65.6 Å². The van der Waals surface area contributed by atoms with Crippen LogP contribution in [0.25, 0.3) is 0 Å². The molecule has 1 aromatic heterocycles. The van der Waals surface area contributed by atoms with Gasteiger partial charge in [0.25, 0.3) is 5.91 Å². The number of hydrogen-bond donors (Lipinski definition) is 5. The van der Waals surface area contributed by atoms with Gasteiger partial charge >= 0.3 is 17.6 Å². The van der Waals surface area contributed by atoms with Crippen LogP contribution in [0.5, 0.6) is 5.75 Å². The minimum absolute atomic E-state index is 0.00166. The van der Waals surface area contributed by atoms with Crippen molar-refractivity contribution < 1.29 is 49.0 Å². The number of aliphatic hydroxyl groups excluding tert-OH is 3. The Labute approximate surface area is 251 Å². The summed E-state index contributed by atoms with van der Waals surface area (Å²) in [5.74, 6) is -2.29. The van der Waals surface area contributed by atoms with Gasteiger partial charge in [-0.25, -0.2) is 14.4 Å². The quantitative estimate of drug-likeness (QED) is 0.137. The number of carbonyl (C=O) groups excluding carboxylic acids is 3. The summed E-state index contributed by atoms with van der Waals surface area (Å²) in [6.45, 7) is -0.273. The maximum Gasteiger partial charge on any atom is 0.351 e. The highest BCUT2D eigenvalue weighted by molar-refractivity contribution is 6.10. The maximum absolute atomic E-state index is 13.0. The van der Waals surface area contributed by atoms with Crippen LogP contribution < -0.4 is 11.0 Å². The molecule has 3 aromatic rings. The number of ether oxygens (including phenoxy) is 3. The largest absolute Gasteiger partial charge is 0.507 e. The van der Waals surface area contributed by atoms with Gasteiger partial charge in [0.05, 0.1) is 30.9 Å². The van der Waals surface area contributed by atoms with Crippen molar-refractivity contribution in [1.82, 2.24) is 9.55 Å². The molecule has 4 rings (SSSR count). The van der Waals surface area contributed by atoms with E-state index in [1.165, 1.54) is 36.5 Å². The Hall–Kier alpha value is -4.63. The molecule has 1 saturated heterocycles. The van der Waals surface area contributed by atoms with Crippen molar-refractivity contribution in [3.8, 4) is 5.75 Å². The van der Waals surface area contributed by atoms with Crippen LogP contribution in [0.3, 0.4) is 0 Å². The second-order valence-electron chi connectivity index (χ2n) is 9.93. The fraction of sp³-hybridized carbons (Fsp3) is 0.367. The van der Waals surface area contributed by atoms with Crippen molar-refractivity contribution in [3.05, 3.63) is 88.0 Å². The predicted molar refractivity (Wildman–Crippen MR) is 153 cm³/mol. The van der Waals surface area contributed by atoms with E-state index in [1.807, 2.05) is 0 Å². The van der Waals surface area contributed by atoms with E-state index in [0.29, 0.717) is 25.7 Å². The van der Waals surface area contributed by atoms with E-state index in [-0.39, 0.29) is 41.5 Å². The van der Waals surface area contributed by atoms with Crippen molar-refractivity contribution in [2.75, 3.05) is 25.1 Å². The van der Waals surface area contributed by atoms with Gasteiger partial charge in [0, 0.05) is 6.20 Å². The summed E-state index contributed by atoms with van der Waals surface area (Å²) in [4.78, 5) is 54.0. The Morgan fingerprint density at radius 1 is 0.841 bits per heavy atom. The summed E-state index contributed by atoms with van der Waals surface area (Å²) < 4.78 is 16.8. The number of aromatic hydroxyl groups is 1. The van der Waals surface area contributed by atoms with Crippen molar-refractivity contribution >= 4 is 23.7 Å². The molecule has 0 aliphatic carbocycles. The third-order valence-corrected chi connectivity index (χ3v) is 6.88. The molecular weight excluding hydrogens is 578 g/mol. The average molecular weight is 612 g/mol. The van der Waals surface area contributed by atoms with Gasteiger partial charge in [-0.2, -0.15) is 4.98 Å². The molecule has 0 saturated carbocycles. The lowest BCUT2D eigenvalue weighted by Crippen LogP contribution is -2.36. The van der Waals surface area contributed by atoms with Crippen LogP contribution in [0, 0.1) is 0 Å². The number of carbonyl (C=O) groups is 3. The van der Waals surface area contributed by atoms with Gasteiger partial charge in [-0.05, 0) is 56.0 Å². The van der Waals surface area contributed by atoms with Gasteiger partial charge in [0.2, 0.25) is 0 Å². The normalized spacial score (nSPS) is 19.3. The summed E-state index contributed by atoms with van der Waals surface area (Å²) in [6.07, 6.45) is -1.48. The number of nitrogens with zero attached hydrogens (tertiary/aromatic N) is 2. The van der Waals surface area contributed by atoms with E-state index in [4.69, 9.17) is 14.2 Å². The number of benzene rings is 2. The van der Waals surface area contributed by atoms with E-state index in [1.54, 1.807) is 24.3 Å². The lowest BCUT2D eigenvalue weighted by Gasteiger charge is -2.17. The number of unbranched alkanes of at least 4 members (excludes halogenated alkanes) is 3. The SMILES string of the molecule is O=C(OCCCCCCOC(=O)c1ccccc1C(=O)Nc1ccn([C@@H]2O[C@H](CO)[C@@H](O)[C@@H]2O)c(=O)n1)c1ccccc1O. The summed E-state index contributed by atoms with van der Waals surface area (Å²) in [7, 11) is 0. The van der Waals surface area contributed by atoms with Crippen LogP contribution in [-0.4, -0.2) is 86.0 Å². The molecule has 14 nitrogen and oxygen atoms in total. The van der Waals surface area contributed by atoms with Crippen molar-refractivity contribution in [2.24, 2.45) is 0 Å². The molecular formula is C30H33N3O11. The topological polar surface area (TPSA) is 207 Å². The monoisotopic (exact) mass is 611 g/mol. The fourth-order valence-electron chi connectivity index (χ4n) is 4.52. The van der Waals surface area contributed by atoms with E-state index >= 15 is 0 Å². The highest BCUT2D eigenvalue weighted by Crippen LogP contribution is 2.28. The first-order valence-corrected chi connectivity index (χ1v) is 14.0. The van der Waals surface area contributed by atoms with Gasteiger partial charge in [-0.1, -0.05) is 24.3 Å². The van der Waals surface area contributed by atoms with Gasteiger partial charge in [-0.3, -0.25) is 9.36 Å². The number of rotatable bonds is 13. The first-order chi connectivity index (χ1) is 21.2. The fourth-order valence-corrected chi connectivity index (χ4v) is 4.52. The molecule has 2 aromatic carbocycles. The number of hydrogen-bond acceptors (Lipinski definition) is 12. The highest BCUT2D eigenvalue weighted by atomic mass is 16.6. The van der Waals surface area contributed by atoms with Crippen LogP contribution in [0.1, 0.15) is 63.0 Å². The molecule has 1 aliphatic heterocycles. The van der Waals surface area contributed by atoms with E-state index in [0.717, 1.165) is 4.57 Å². The smallest absolute Gasteiger partial charge is 0.351 e. The Morgan fingerprint density at radius 3 is 2.02 bits per heavy atom. The average Bonchev–Trinajstić information content (AvgIpc) is 3.31. The maximum atomic E-state index is 13.0. The summed E-state index contributed by atoms with van der Waals surface area (Å²) in [6, 6.07) is 13.4. The van der Waals surface area contributed by atoms with Crippen LogP contribution in [-0.2, 0) is 14.2 Å². The molecule has 0 radical (unpaired) electrons. The number of nitrogens with one attached hydrogen (secondary N) is 1. The third-order valence-electron chi connectivity index (χ3n) is 6.88. The number of para-hydroxylation sites is 1. The lowest BCUT2D eigenvalue weighted by atomic mass is 10.1. The first kappa shape index (κ1) is 32.3. The number of aromatic nitrogens is 2. The molecule has 1 aliphatic rings. The second kappa shape index (κ2) is 15.2. The zero-order chi connectivity index (χ0) is 31.6. The van der Waals surface area contributed by atoms with Crippen molar-refractivity contribution in [3.63, 3.8) is 0 Å². The Morgan fingerprint density at radius 2 is 1.43 bits per heavy atom. The highest BCUT2D eigenvalue weighted by Gasteiger charge is 2.43. The minimum Gasteiger partial charge on any atom is -0.507 e. The third kappa shape index (κ3) is 7.85. The summed E-state index contributed by atoms with van der Waals surface area (Å²) >= 11 is 0. The molecule has 44 heavy (non-hydrogen) atoms. The Kier molecular flexibility index (Phi) is 11.2. The van der Waals surface area contributed by atoms with Crippen LogP contribution in [0.2, 0.25) is 0 Å². The van der Waals surface area contributed by atoms with Gasteiger partial charge in [-0.15, -0.1) is 0 Å². The lowest BCUT2D eigenvalue weighted by molar-refractivity contribution is -0.0549. The van der Waals surface area contributed by atoms with Crippen LogP contribution >= 0.6 is 0 Å². The molecule has 4 atom stereocenters. The van der Waals surface area contributed by atoms with Gasteiger partial charge in [0.15, 0.2) is 6.23 Å². The van der Waals surface area contributed by atoms with Gasteiger partial charge < -0.3 is 40.0 Å². The number of amides is 1. The molecule has 1 fully saturated rings. The first-order valence-electron chi connectivity index (χ1n) is 14.0. The summed E-state index contributed by atoms with van der Waals surface area (Å²) in [5, 5.41) is 41.5. The zero-order valence-electron chi connectivity index (χ0n) is 23.6. The molecule has 5 N–H and O–H groups in total. The molecule has 1 amide bonds. The number of phenolic OH excluding ortho intramolecular Hbond substituents is 1. The zero-order valence-corrected chi connectivity index (χ0v) is 23.6. The van der Waals surface area contributed by atoms with Crippen molar-refractivity contribution in [1.29, 1.82) is 0 Å². The van der Waals surface area contributed by atoms with Crippen LogP contribution in [0.4, 0.5) is 5.82 Å². The number of phenols is 1. The number of anilines is 1. The molecule has 14 heteroatoms. The van der Waals surface area contributed by atoms with E-state index in [9.17, 15) is 39.6 Å². The van der Waals surface area contributed by atoms with E-state index in [2.05, 4.69) is 10.3 Å². The van der Waals surface area contributed by atoms with Crippen molar-refractivity contribution in [2.45, 2.75) is 50.2 Å². The molecule has 0 spiro atoms. The Bertz CT molecular complexity index is 1530. The number of aliphatic hydroxyl groups is 3. The predicted octanol–water partition coefficient (Wildman–Crippen LogP) is 1.39. The van der Waals surface area contributed by atoms with Gasteiger partial charge in [0.1, 0.15) is 35.4 Å². The standard InChI is InChI=1S/C30H33N3O11/c34-17-22-24(36)25(37)27(44-22)33-14-13-23(32-30(33)41)31-26(38)18-9-3-4-10-19(18)28(39)42-15-7-1-2-8-16-43-29(40)20-11-5-6-12-21(20)35/h3-6,9-14,22,24-25,27,34-37H,1-2,7-8,15-17H2,(H,31,32,38,41)/t22-,24-,25+,27-/m1/s1.